The van der Waals surface area contributed by atoms with E-state index in [0.29, 0.717) is 0 Å². The molecule has 2 heterocycles. The van der Waals surface area contributed by atoms with Gasteiger partial charge in [0.2, 0.25) is 0 Å². The highest BCUT2D eigenvalue weighted by Gasteiger charge is 2.21. The summed E-state index contributed by atoms with van der Waals surface area (Å²) in [5.74, 6) is 1.01. The van der Waals surface area contributed by atoms with Crippen molar-refractivity contribution in [3.05, 3.63) is 22.8 Å². The van der Waals surface area contributed by atoms with E-state index in [2.05, 4.69) is 31.1 Å². The lowest BCUT2D eigenvalue weighted by atomic mass is 10.2. The standard InChI is InChI=1S/C11H16BrN3O/c1-13-7-9-8-15(5-6-16-9)11-10(12)3-2-4-14-11/h2-4,9,13H,5-8H2,1H3. The highest BCUT2D eigenvalue weighted by Crippen LogP contribution is 2.24. The molecule has 1 saturated heterocycles. The number of likely N-dealkylation sites (N-methyl/N-ethyl adjacent to an activating group) is 1. The van der Waals surface area contributed by atoms with Gasteiger partial charge in [-0.2, -0.15) is 0 Å². The van der Waals surface area contributed by atoms with Gasteiger partial charge in [-0.1, -0.05) is 0 Å². The molecule has 0 aliphatic carbocycles. The van der Waals surface area contributed by atoms with Crippen LogP contribution in [0.4, 0.5) is 5.82 Å². The van der Waals surface area contributed by atoms with Gasteiger partial charge in [0, 0.05) is 25.8 Å². The van der Waals surface area contributed by atoms with Crippen molar-refractivity contribution in [2.75, 3.05) is 38.2 Å². The van der Waals surface area contributed by atoms with Crippen LogP contribution in [0.1, 0.15) is 0 Å². The number of hydrogen-bond donors (Lipinski definition) is 1. The number of pyridine rings is 1. The lowest BCUT2D eigenvalue weighted by molar-refractivity contribution is 0.0418. The van der Waals surface area contributed by atoms with E-state index in [9.17, 15) is 0 Å². The zero-order chi connectivity index (χ0) is 11.4. The molecule has 1 aliphatic rings. The third-order valence-electron chi connectivity index (χ3n) is 2.61. The van der Waals surface area contributed by atoms with Crippen molar-refractivity contribution in [1.29, 1.82) is 0 Å². The fraction of sp³-hybridized carbons (Fsp3) is 0.545. The van der Waals surface area contributed by atoms with Gasteiger partial charge in [-0.15, -0.1) is 0 Å². The second-order valence-electron chi connectivity index (χ2n) is 3.81. The van der Waals surface area contributed by atoms with Crippen molar-refractivity contribution in [2.24, 2.45) is 0 Å². The molecule has 2 rings (SSSR count). The Labute approximate surface area is 104 Å². The number of nitrogens with one attached hydrogen (secondary N) is 1. The summed E-state index contributed by atoms with van der Waals surface area (Å²) in [6.07, 6.45) is 2.07. The molecule has 1 unspecified atom stereocenters. The molecule has 1 aromatic rings. The molecule has 0 radical (unpaired) electrons. The maximum Gasteiger partial charge on any atom is 0.143 e. The molecule has 1 fully saturated rings. The third kappa shape index (κ3) is 2.72. The van der Waals surface area contributed by atoms with Crippen molar-refractivity contribution in [3.8, 4) is 0 Å². The second-order valence-corrected chi connectivity index (χ2v) is 4.66. The molecule has 1 aliphatic heterocycles. The summed E-state index contributed by atoms with van der Waals surface area (Å²) >= 11 is 3.53. The van der Waals surface area contributed by atoms with E-state index in [-0.39, 0.29) is 6.10 Å². The third-order valence-corrected chi connectivity index (χ3v) is 3.23. The Morgan fingerprint density at radius 3 is 3.31 bits per heavy atom. The highest BCUT2D eigenvalue weighted by atomic mass is 79.9. The van der Waals surface area contributed by atoms with E-state index in [1.54, 1.807) is 0 Å². The number of rotatable bonds is 3. The first kappa shape index (κ1) is 11.8. The van der Waals surface area contributed by atoms with Crippen LogP contribution in [0.2, 0.25) is 0 Å². The molecule has 4 nitrogen and oxygen atoms in total. The summed E-state index contributed by atoms with van der Waals surface area (Å²) < 4.78 is 6.70. The van der Waals surface area contributed by atoms with E-state index < -0.39 is 0 Å². The molecular weight excluding hydrogens is 270 g/mol. The van der Waals surface area contributed by atoms with Crippen LogP contribution in [-0.4, -0.2) is 44.4 Å². The fourth-order valence-electron chi connectivity index (χ4n) is 1.87. The number of halogens is 1. The zero-order valence-electron chi connectivity index (χ0n) is 9.32. The molecule has 0 spiro atoms. The Morgan fingerprint density at radius 1 is 1.69 bits per heavy atom. The van der Waals surface area contributed by atoms with Gasteiger partial charge in [-0.25, -0.2) is 4.98 Å². The lowest BCUT2D eigenvalue weighted by Crippen LogP contribution is -2.46. The van der Waals surface area contributed by atoms with Crippen molar-refractivity contribution < 1.29 is 4.74 Å². The Hall–Kier alpha value is -0.650. The summed E-state index contributed by atoms with van der Waals surface area (Å²) in [4.78, 5) is 6.66. The molecule has 1 N–H and O–H groups in total. The van der Waals surface area contributed by atoms with Gasteiger partial charge in [0.25, 0.3) is 0 Å². The Balaban J connectivity index is 2.07. The number of anilines is 1. The van der Waals surface area contributed by atoms with E-state index in [4.69, 9.17) is 4.74 Å². The van der Waals surface area contributed by atoms with E-state index in [1.807, 2.05) is 25.4 Å². The molecule has 0 amide bonds. The molecule has 1 aromatic heterocycles. The first-order chi connectivity index (χ1) is 7.81. The van der Waals surface area contributed by atoms with Crippen LogP contribution < -0.4 is 10.2 Å². The normalized spacial score (nSPS) is 21.1. The molecule has 0 saturated carbocycles. The predicted octanol–water partition coefficient (Wildman–Crippen LogP) is 1.27. The Kier molecular flexibility index (Phi) is 4.15. The van der Waals surface area contributed by atoms with Crippen molar-refractivity contribution in [1.82, 2.24) is 10.3 Å². The van der Waals surface area contributed by atoms with Gasteiger partial charge >= 0.3 is 0 Å². The van der Waals surface area contributed by atoms with Crippen LogP contribution in [-0.2, 0) is 4.74 Å². The lowest BCUT2D eigenvalue weighted by Gasteiger charge is -2.34. The minimum atomic E-state index is 0.243. The maximum absolute atomic E-state index is 5.66. The monoisotopic (exact) mass is 285 g/mol. The van der Waals surface area contributed by atoms with Gasteiger partial charge in [-0.05, 0) is 35.1 Å². The van der Waals surface area contributed by atoms with Crippen LogP contribution in [0.5, 0.6) is 0 Å². The van der Waals surface area contributed by atoms with Crippen LogP contribution in [0.15, 0.2) is 22.8 Å². The number of aromatic nitrogens is 1. The number of morpholine rings is 1. The average Bonchev–Trinajstić information content (AvgIpc) is 2.30. The van der Waals surface area contributed by atoms with Crippen molar-refractivity contribution in [3.63, 3.8) is 0 Å². The van der Waals surface area contributed by atoms with Crippen LogP contribution in [0, 0.1) is 0 Å². The summed E-state index contributed by atoms with van der Waals surface area (Å²) in [5, 5.41) is 3.14. The first-order valence-electron chi connectivity index (χ1n) is 5.43. The Morgan fingerprint density at radius 2 is 2.56 bits per heavy atom. The minimum Gasteiger partial charge on any atom is -0.373 e. The molecule has 0 bridgehead atoms. The molecule has 16 heavy (non-hydrogen) atoms. The number of hydrogen-bond acceptors (Lipinski definition) is 4. The predicted molar refractivity (Wildman–Crippen MR) is 67.8 cm³/mol. The van der Waals surface area contributed by atoms with Crippen molar-refractivity contribution >= 4 is 21.7 Å². The average molecular weight is 286 g/mol. The van der Waals surface area contributed by atoms with Gasteiger partial charge in [0.1, 0.15) is 5.82 Å². The fourth-order valence-corrected chi connectivity index (χ4v) is 2.38. The van der Waals surface area contributed by atoms with Gasteiger partial charge in [0.05, 0.1) is 17.2 Å². The minimum absolute atomic E-state index is 0.243. The molecule has 5 heteroatoms. The smallest absolute Gasteiger partial charge is 0.143 e. The van der Waals surface area contributed by atoms with Gasteiger partial charge in [0.15, 0.2) is 0 Å². The molecular formula is C11H16BrN3O. The number of ether oxygens (including phenoxy) is 1. The first-order valence-corrected chi connectivity index (χ1v) is 6.22. The molecule has 0 aromatic carbocycles. The summed E-state index contributed by atoms with van der Waals surface area (Å²) in [6, 6.07) is 3.95. The highest BCUT2D eigenvalue weighted by molar-refractivity contribution is 9.10. The largest absolute Gasteiger partial charge is 0.373 e. The maximum atomic E-state index is 5.66. The van der Waals surface area contributed by atoms with E-state index >= 15 is 0 Å². The van der Waals surface area contributed by atoms with Crippen LogP contribution in [0.25, 0.3) is 0 Å². The summed E-state index contributed by atoms with van der Waals surface area (Å²) in [7, 11) is 1.94. The van der Waals surface area contributed by atoms with Crippen molar-refractivity contribution in [2.45, 2.75) is 6.10 Å². The summed E-state index contributed by atoms with van der Waals surface area (Å²) in [6.45, 7) is 3.42. The quantitative estimate of drug-likeness (QED) is 0.908. The SMILES string of the molecule is CNCC1CN(c2ncccc2Br)CCO1. The number of nitrogens with zero attached hydrogens (tertiary/aromatic N) is 2. The topological polar surface area (TPSA) is 37.4 Å². The Bertz CT molecular complexity index is 346. The van der Waals surface area contributed by atoms with Crippen LogP contribution >= 0.6 is 15.9 Å². The van der Waals surface area contributed by atoms with Gasteiger partial charge < -0.3 is 15.0 Å². The van der Waals surface area contributed by atoms with Gasteiger partial charge in [-0.3, -0.25) is 0 Å². The molecule has 88 valence electrons. The summed E-state index contributed by atoms with van der Waals surface area (Å²) in [5.41, 5.74) is 0. The van der Waals surface area contributed by atoms with E-state index in [1.165, 1.54) is 0 Å². The van der Waals surface area contributed by atoms with E-state index in [0.717, 1.165) is 36.5 Å². The molecule has 1 atom stereocenters. The van der Waals surface area contributed by atoms with Crippen LogP contribution in [0.3, 0.4) is 0 Å². The zero-order valence-corrected chi connectivity index (χ0v) is 10.9. The second kappa shape index (κ2) is 5.61.